The fourth-order valence-electron chi connectivity index (χ4n) is 5.66. The number of rotatable bonds is 5. The number of hydrogen-bond donors (Lipinski definition) is 1. The van der Waals surface area contributed by atoms with E-state index in [0.717, 1.165) is 37.0 Å². The highest BCUT2D eigenvalue weighted by atomic mass is 32.1. The van der Waals surface area contributed by atoms with E-state index in [1.807, 2.05) is 0 Å². The van der Waals surface area contributed by atoms with Gasteiger partial charge in [0.2, 0.25) is 11.0 Å². The van der Waals surface area contributed by atoms with Gasteiger partial charge >= 0.3 is 0 Å². The second kappa shape index (κ2) is 6.55. The summed E-state index contributed by atoms with van der Waals surface area (Å²) in [6, 6.07) is 5.86. The molecule has 4 bridgehead atoms. The minimum absolute atomic E-state index is 0.128. The van der Waals surface area contributed by atoms with E-state index >= 15 is 0 Å². The molecule has 0 aliphatic heterocycles. The number of carbonyl (C=O) groups is 1. The topological polar surface area (TPSA) is 64.1 Å². The Morgan fingerprint density at radius 2 is 1.74 bits per heavy atom. The highest BCUT2D eigenvalue weighted by molar-refractivity contribution is 7.15. The smallest absolute Gasteiger partial charge is 0.232 e. The number of nitrogens with zero attached hydrogens (tertiary/aromatic N) is 2. The Morgan fingerprint density at radius 3 is 2.37 bits per heavy atom. The van der Waals surface area contributed by atoms with E-state index in [0.29, 0.717) is 15.9 Å². The lowest BCUT2D eigenvalue weighted by Gasteiger charge is -2.55. The first kappa shape index (κ1) is 17.1. The maximum absolute atomic E-state index is 13.0. The molecule has 1 N–H and O–H groups in total. The molecule has 0 spiro atoms. The Labute approximate surface area is 161 Å². The summed E-state index contributed by atoms with van der Waals surface area (Å²) >= 11 is 1.33. The van der Waals surface area contributed by atoms with Crippen LogP contribution < -0.4 is 10.1 Å². The second-order valence-corrected chi connectivity index (χ2v) is 9.46. The van der Waals surface area contributed by atoms with Crippen molar-refractivity contribution in [2.24, 2.45) is 23.2 Å². The lowest BCUT2D eigenvalue weighted by atomic mass is 9.49. The molecule has 1 aromatic carbocycles. The first-order chi connectivity index (χ1) is 13.1. The molecule has 4 aliphatic rings. The van der Waals surface area contributed by atoms with Crippen LogP contribution >= 0.6 is 11.3 Å². The van der Waals surface area contributed by atoms with Crippen molar-refractivity contribution in [2.45, 2.75) is 45.1 Å². The zero-order valence-corrected chi connectivity index (χ0v) is 15.8. The van der Waals surface area contributed by atoms with E-state index in [2.05, 4.69) is 15.5 Å². The summed E-state index contributed by atoms with van der Waals surface area (Å²) in [6.07, 6.45) is 7.04. The minimum Gasteiger partial charge on any atom is -0.486 e. The van der Waals surface area contributed by atoms with Gasteiger partial charge in [-0.1, -0.05) is 11.3 Å². The van der Waals surface area contributed by atoms with Crippen LogP contribution in [0.1, 0.15) is 43.5 Å². The number of anilines is 1. The van der Waals surface area contributed by atoms with Gasteiger partial charge in [-0.05, 0) is 80.5 Å². The van der Waals surface area contributed by atoms with Gasteiger partial charge in [-0.15, -0.1) is 10.2 Å². The predicted octanol–water partition coefficient (Wildman–Crippen LogP) is 4.41. The van der Waals surface area contributed by atoms with Gasteiger partial charge in [0.1, 0.15) is 18.2 Å². The Bertz CT molecular complexity index is 816. The number of nitrogens with one attached hydrogen (secondary N) is 1. The zero-order valence-electron chi connectivity index (χ0n) is 15.0. The number of halogens is 1. The number of amides is 1. The Morgan fingerprint density at radius 1 is 1.11 bits per heavy atom. The molecule has 0 atom stereocenters. The third kappa shape index (κ3) is 3.33. The minimum atomic E-state index is -0.298. The van der Waals surface area contributed by atoms with Gasteiger partial charge < -0.3 is 10.1 Å². The van der Waals surface area contributed by atoms with Crippen LogP contribution in [-0.4, -0.2) is 16.1 Å². The molecule has 1 heterocycles. The van der Waals surface area contributed by atoms with Crippen LogP contribution in [0, 0.1) is 29.0 Å². The van der Waals surface area contributed by atoms with Crippen LogP contribution in [-0.2, 0) is 11.4 Å². The van der Waals surface area contributed by atoms with Crippen molar-refractivity contribution >= 4 is 22.4 Å². The molecule has 2 aromatic rings. The van der Waals surface area contributed by atoms with Gasteiger partial charge in [0.15, 0.2) is 5.01 Å². The Hall–Kier alpha value is -2.02. The van der Waals surface area contributed by atoms with Crippen molar-refractivity contribution in [1.82, 2.24) is 10.2 Å². The van der Waals surface area contributed by atoms with Crippen molar-refractivity contribution in [3.63, 3.8) is 0 Å². The van der Waals surface area contributed by atoms with Crippen LogP contribution in [0.2, 0.25) is 0 Å². The molecule has 4 aliphatic carbocycles. The highest BCUT2D eigenvalue weighted by Crippen LogP contribution is 2.60. The fourth-order valence-corrected chi connectivity index (χ4v) is 6.30. The molecule has 6 rings (SSSR count). The lowest BCUT2D eigenvalue weighted by molar-refractivity contribution is -0.140. The molecule has 142 valence electrons. The molecule has 1 amide bonds. The first-order valence-corrected chi connectivity index (χ1v) is 10.4. The third-order valence-electron chi connectivity index (χ3n) is 6.38. The summed E-state index contributed by atoms with van der Waals surface area (Å²) < 4.78 is 18.5. The van der Waals surface area contributed by atoms with Gasteiger partial charge in [-0.2, -0.15) is 0 Å². The maximum Gasteiger partial charge on any atom is 0.232 e. The predicted molar refractivity (Wildman–Crippen MR) is 99.9 cm³/mol. The fraction of sp³-hybridized carbons (Fsp3) is 0.550. The number of aromatic nitrogens is 2. The molecule has 27 heavy (non-hydrogen) atoms. The molecule has 4 saturated carbocycles. The van der Waals surface area contributed by atoms with Crippen LogP contribution in [0.4, 0.5) is 9.52 Å². The van der Waals surface area contributed by atoms with Crippen molar-refractivity contribution < 1.29 is 13.9 Å². The summed E-state index contributed by atoms with van der Waals surface area (Å²) in [5, 5.41) is 12.5. The molecule has 0 unspecified atom stereocenters. The van der Waals surface area contributed by atoms with Crippen LogP contribution in [0.15, 0.2) is 24.3 Å². The van der Waals surface area contributed by atoms with E-state index in [-0.39, 0.29) is 23.7 Å². The summed E-state index contributed by atoms with van der Waals surface area (Å²) in [5.41, 5.74) is -0.189. The summed E-state index contributed by atoms with van der Waals surface area (Å²) in [4.78, 5) is 13.0. The van der Waals surface area contributed by atoms with E-state index in [9.17, 15) is 9.18 Å². The van der Waals surface area contributed by atoms with Crippen molar-refractivity contribution in [2.75, 3.05) is 5.32 Å². The quantitative estimate of drug-likeness (QED) is 0.825. The number of ether oxygens (including phenoxy) is 1. The molecule has 5 nitrogen and oxygen atoms in total. The number of hydrogen-bond acceptors (Lipinski definition) is 5. The standard InChI is InChI=1S/C20H22FN3O2S/c21-15-1-3-16(4-2-15)26-11-17-23-24-19(27-17)22-18(25)20-8-12-5-13(9-20)7-14(6-12)10-20/h1-4,12-14H,5-11H2,(H,22,24,25). The molecule has 0 radical (unpaired) electrons. The second-order valence-electron chi connectivity index (χ2n) is 8.40. The first-order valence-electron chi connectivity index (χ1n) is 9.60. The van der Waals surface area contributed by atoms with E-state index in [1.54, 1.807) is 12.1 Å². The molecule has 4 fully saturated rings. The van der Waals surface area contributed by atoms with E-state index < -0.39 is 0 Å². The van der Waals surface area contributed by atoms with Gasteiger partial charge in [-0.3, -0.25) is 4.79 Å². The molecule has 1 aromatic heterocycles. The van der Waals surface area contributed by atoms with Gasteiger partial charge in [0.25, 0.3) is 0 Å². The summed E-state index contributed by atoms with van der Waals surface area (Å²) in [7, 11) is 0. The van der Waals surface area contributed by atoms with Crippen LogP contribution in [0.25, 0.3) is 0 Å². The highest BCUT2D eigenvalue weighted by Gasteiger charge is 2.54. The van der Waals surface area contributed by atoms with Crippen molar-refractivity contribution in [3.8, 4) is 5.75 Å². The Kier molecular flexibility index (Phi) is 4.15. The maximum atomic E-state index is 13.0. The normalized spacial score (nSPS) is 31.1. The Balaban J connectivity index is 1.22. The van der Waals surface area contributed by atoms with Crippen LogP contribution in [0.3, 0.4) is 0 Å². The molecule has 0 saturated heterocycles. The zero-order chi connectivity index (χ0) is 18.4. The van der Waals surface area contributed by atoms with Gasteiger partial charge in [0, 0.05) is 0 Å². The summed E-state index contributed by atoms with van der Waals surface area (Å²) in [5.74, 6) is 2.60. The molecular formula is C20H22FN3O2S. The SMILES string of the molecule is O=C(Nc1nnc(COc2ccc(F)cc2)s1)C12CC3CC(CC(C3)C1)C2. The van der Waals surface area contributed by atoms with Crippen molar-refractivity contribution in [3.05, 3.63) is 35.1 Å². The van der Waals surface area contributed by atoms with Gasteiger partial charge in [0.05, 0.1) is 5.41 Å². The largest absolute Gasteiger partial charge is 0.486 e. The lowest BCUT2D eigenvalue weighted by Crippen LogP contribution is -2.51. The van der Waals surface area contributed by atoms with Gasteiger partial charge in [-0.25, -0.2) is 4.39 Å². The third-order valence-corrected chi connectivity index (χ3v) is 7.20. The van der Waals surface area contributed by atoms with Crippen molar-refractivity contribution in [1.29, 1.82) is 0 Å². The average molecular weight is 387 g/mol. The molecular weight excluding hydrogens is 365 g/mol. The average Bonchev–Trinajstić information content (AvgIpc) is 3.07. The molecule has 7 heteroatoms. The number of carbonyl (C=O) groups excluding carboxylic acids is 1. The van der Waals surface area contributed by atoms with E-state index in [4.69, 9.17) is 4.74 Å². The number of benzene rings is 1. The summed E-state index contributed by atoms with van der Waals surface area (Å²) in [6.45, 7) is 0.247. The monoisotopic (exact) mass is 387 g/mol. The van der Waals surface area contributed by atoms with Crippen LogP contribution in [0.5, 0.6) is 5.75 Å². The van der Waals surface area contributed by atoms with E-state index in [1.165, 1.54) is 42.7 Å².